The number of amides is 4. The molecule has 4 amide bonds. The van der Waals surface area contributed by atoms with Gasteiger partial charge >= 0.3 is 6.03 Å². The molecule has 27 heavy (non-hydrogen) atoms. The molecule has 2 saturated heterocycles. The van der Waals surface area contributed by atoms with E-state index in [0.717, 1.165) is 0 Å². The summed E-state index contributed by atoms with van der Waals surface area (Å²) < 4.78 is 0. The van der Waals surface area contributed by atoms with Crippen molar-refractivity contribution in [2.24, 2.45) is 5.41 Å². The van der Waals surface area contributed by atoms with Crippen LogP contribution >= 0.6 is 0 Å². The average Bonchev–Trinajstić information content (AvgIpc) is 2.86. The topological polar surface area (TPSA) is 77.1 Å². The minimum absolute atomic E-state index is 0.0851. The van der Waals surface area contributed by atoms with Gasteiger partial charge in [0.15, 0.2) is 0 Å². The van der Waals surface area contributed by atoms with Crippen molar-refractivity contribution in [2.45, 2.75) is 13.3 Å². The number of likely N-dealkylation sites (tertiary alicyclic amines) is 1. The van der Waals surface area contributed by atoms with Gasteiger partial charge in [0.25, 0.3) is 5.91 Å². The molecule has 1 aromatic heterocycles. The zero-order valence-corrected chi connectivity index (χ0v) is 16.2. The number of rotatable bonds is 2. The zero-order valence-electron chi connectivity index (χ0n) is 16.2. The number of carbonyl (C=O) groups is 3. The summed E-state index contributed by atoms with van der Waals surface area (Å²) in [4.78, 5) is 49.1. The SMILES string of the molecule is CCN1C[C@]2(CC1=O)CN(C(=O)c1ccccn1)CCN(C(=O)N(C)C)C2. The Morgan fingerprint density at radius 3 is 2.44 bits per heavy atom. The predicted molar refractivity (Wildman–Crippen MR) is 100 cm³/mol. The van der Waals surface area contributed by atoms with Crippen LogP contribution in [-0.4, -0.2) is 95.8 Å². The van der Waals surface area contributed by atoms with E-state index in [4.69, 9.17) is 0 Å². The fourth-order valence-electron chi connectivity index (χ4n) is 4.01. The van der Waals surface area contributed by atoms with Gasteiger partial charge in [0.05, 0.1) is 0 Å². The lowest BCUT2D eigenvalue weighted by atomic mass is 9.86. The Morgan fingerprint density at radius 1 is 1.15 bits per heavy atom. The Hall–Kier alpha value is -2.64. The lowest BCUT2D eigenvalue weighted by Gasteiger charge is -2.34. The van der Waals surface area contributed by atoms with Gasteiger partial charge in [-0.2, -0.15) is 0 Å². The van der Waals surface area contributed by atoms with E-state index in [1.807, 2.05) is 11.8 Å². The molecule has 2 fully saturated rings. The summed E-state index contributed by atoms with van der Waals surface area (Å²) in [5.74, 6) is -0.0709. The first-order valence-corrected chi connectivity index (χ1v) is 9.29. The van der Waals surface area contributed by atoms with Gasteiger partial charge in [-0.05, 0) is 19.1 Å². The molecule has 2 aliphatic heterocycles. The third-order valence-electron chi connectivity index (χ3n) is 5.30. The van der Waals surface area contributed by atoms with Crippen LogP contribution in [0, 0.1) is 5.41 Å². The minimum Gasteiger partial charge on any atom is -0.342 e. The van der Waals surface area contributed by atoms with E-state index in [0.29, 0.717) is 51.4 Å². The molecular weight excluding hydrogens is 346 g/mol. The number of pyridine rings is 1. The second-order valence-electron chi connectivity index (χ2n) is 7.62. The molecule has 0 aromatic carbocycles. The van der Waals surface area contributed by atoms with E-state index in [-0.39, 0.29) is 17.8 Å². The lowest BCUT2D eigenvalue weighted by molar-refractivity contribution is -0.127. The molecule has 0 unspecified atom stereocenters. The molecule has 0 N–H and O–H groups in total. The van der Waals surface area contributed by atoms with Crippen molar-refractivity contribution in [3.63, 3.8) is 0 Å². The average molecular weight is 373 g/mol. The Bertz CT molecular complexity index is 723. The summed E-state index contributed by atoms with van der Waals surface area (Å²) in [6, 6.07) is 5.16. The van der Waals surface area contributed by atoms with Crippen molar-refractivity contribution >= 4 is 17.8 Å². The van der Waals surface area contributed by atoms with E-state index < -0.39 is 5.41 Å². The molecule has 8 nitrogen and oxygen atoms in total. The van der Waals surface area contributed by atoms with E-state index in [1.165, 1.54) is 4.90 Å². The quantitative estimate of drug-likeness (QED) is 0.767. The second kappa shape index (κ2) is 7.54. The van der Waals surface area contributed by atoms with Gasteiger partial charge in [0, 0.05) is 71.4 Å². The first-order valence-electron chi connectivity index (χ1n) is 9.29. The summed E-state index contributed by atoms with van der Waals surface area (Å²) in [5.41, 5.74) is -0.0589. The van der Waals surface area contributed by atoms with Crippen LogP contribution in [0.4, 0.5) is 4.79 Å². The fourth-order valence-corrected chi connectivity index (χ4v) is 4.01. The van der Waals surface area contributed by atoms with Crippen LogP contribution in [0.1, 0.15) is 23.8 Å². The van der Waals surface area contributed by atoms with Crippen LogP contribution in [0.5, 0.6) is 0 Å². The van der Waals surface area contributed by atoms with Crippen LogP contribution in [0.3, 0.4) is 0 Å². The Morgan fingerprint density at radius 2 is 1.85 bits per heavy atom. The highest BCUT2D eigenvalue weighted by Gasteiger charge is 2.47. The van der Waals surface area contributed by atoms with E-state index in [2.05, 4.69) is 4.98 Å². The van der Waals surface area contributed by atoms with Crippen LogP contribution < -0.4 is 0 Å². The molecule has 3 heterocycles. The van der Waals surface area contributed by atoms with Gasteiger partial charge in [-0.1, -0.05) is 6.07 Å². The maximum Gasteiger partial charge on any atom is 0.319 e. The normalized spacial score (nSPS) is 22.9. The van der Waals surface area contributed by atoms with Gasteiger partial charge in [-0.25, -0.2) is 4.79 Å². The van der Waals surface area contributed by atoms with Gasteiger partial charge < -0.3 is 19.6 Å². The van der Waals surface area contributed by atoms with Crippen LogP contribution in [0.15, 0.2) is 24.4 Å². The van der Waals surface area contributed by atoms with E-state index in [1.54, 1.807) is 48.3 Å². The van der Waals surface area contributed by atoms with Crippen molar-refractivity contribution in [3.8, 4) is 0 Å². The first-order chi connectivity index (χ1) is 12.8. The van der Waals surface area contributed by atoms with Gasteiger partial charge in [0.1, 0.15) is 5.69 Å². The molecule has 1 spiro atoms. The molecule has 8 heteroatoms. The predicted octanol–water partition coefficient (Wildman–Crippen LogP) is 0.760. The highest BCUT2D eigenvalue weighted by atomic mass is 16.2. The van der Waals surface area contributed by atoms with E-state index >= 15 is 0 Å². The summed E-state index contributed by atoms with van der Waals surface area (Å²) in [6.45, 7) is 4.93. The largest absolute Gasteiger partial charge is 0.342 e. The molecular formula is C19H27N5O3. The maximum atomic E-state index is 13.0. The summed E-state index contributed by atoms with van der Waals surface area (Å²) in [5, 5.41) is 0. The molecule has 1 atom stereocenters. The maximum absolute atomic E-state index is 13.0. The second-order valence-corrected chi connectivity index (χ2v) is 7.62. The third-order valence-corrected chi connectivity index (χ3v) is 5.30. The third kappa shape index (κ3) is 3.89. The summed E-state index contributed by atoms with van der Waals surface area (Å²) >= 11 is 0. The fraction of sp³-hybridized carbons (Fsp3) is 0.579. The highest BCUT2D eigenvalue weighted by Crippen LogP contribution is 2.35. The molecule has 0 saturated carbocycles. The molecule has 146 valence electrons. The Balaban J connectivity index is 1.89. The summed E-state index contributed by atoms with van der Waals surface area (Å²) in [7, 11) is 3.43. The number of carbonyl (C=O) groups excluding carboxylic acids is 3. The van der Waals surface area contributed by atoms with Gasteiger partial charge in [0.2, 0.25) is 5.91 Å². The molecule has 3 rings (SSSR count). The van der Waals surface area contributed by atoms with Crippen molar-refractivity contribution in [3.05, 3.63) is 30.1 Å². The van der Waals surface area contributed by atoms with Crippen molar-refractivity contribution in [1.29, 1.82) is 0 Å². The monoisotopic (exact) mass is 373 g/mol. The number of nitrogens with zero attached hydrogens (tertiary/aromatic N) is 5. The Kier molecular flexibility index (Phi) is 5.34. The number of urea groups is 1. The van der Waals surface area contributed by atoms with Gasteiger partial charge in [-0.15, -0.1) is 0 Å². The minimum atomic E-state index is -0.445. The van der Waals surface area contributed by atoms with Crippen LogP contribution in [0.25, 0.3) is 0 Å². The number of hydrogen-bond acceptors (Lipinski definition) is 4. The van der Waals surface area contributed by atoms with Crippen LogP contribution in [0.2, 0.25) is 0 Å². The standard InChI is InChI=1S/C19H27N5O3/c1-4-22-12-19(11-16(22)25)13-23(17(26)15-7-5-6-8-20-15)9-10-24(14-19)18(27)21(2)3/h5-8H,4,9-14H2,1-3H3/t19-/m1/s1. The van der Waals surface area contributed by atoms with E-state index in [9.17, 15) is 14.4 Å². The molecule has 2 aliphatic rings. The zero-order chi connectivity index (χ0) is 19.6. The van der Waals surface area contributed by atoms with Crippen molar-refractivity contribution < 1.29 is 14.4 Å². The summed E-state index contributed by atoms with van der Waals surface area (Å²) in [6.07, 6.45) is 1.95. The molecule has 0 aliphatic carbocycles. The molecule has 0 radical (unpaired) electrons. The number of hydrogen-bond donors (Lipinski definition) is 0. The molecule has 1 aromatic rings. The molecule has 0 bridgehead atoms. The van der Waals surface area contributed by atoms with Crippen LogP contribution in [-0.2, 0) is 4.79 Å². The first kappa shape index (κ1) is 19.1. The smallest absolute Gasteiger partial charge is 0.319 e. The lowest BCUT2D eigenvalue weighted by Crippen LogP contribution is -2.47. The van der Waals surface area contributed by atoms with Gasteiger partial charge in [-0.3, -0.25) is 14.6 Å². The number of aromatic nitrogens is 1. The Labute approximate surface area is 159 Å². The highest BCUT2D eigenvalue weighted by molar-refractivity contribution is 5.92. The van der Waals surface area contributed by atoms with Crippen molar-refractivity contribution in [1.82, 2.24) is 24.6 Å². The van der Waals surface area contributed by atoms with Crippen molar-refractivity contribution in [2.75, 3.05) is 53.4 Å².